The Labute approximate surface area is 271 Å². The highest BCUT2D eigenvalue weighted by Crippen LogP contribution is 2.63. The lowest BCUT2D eigenvalue weighted by atomic mass is 9.98. The number of carbonyl (C=O) groups excluding carboxylic acids is 1. The van der Waals surface area contributed by atoms with Crippen molar-refractivity contribution in [3.05, 3.63) is 45.8 Å². The molecule has 0 amide bonds. The maximum absolute atomic E-state index is 14.3. The van der Waals surface area contributed by atoms with Crippen molar-refractivity contribution < 1.29 is 47.6 Å². The van der Waals surface area contributed by atoms with Gasteiger partial charge in [0.25, 0.3) is 5.56 Å². The highest BCUT2D eigenvalue weighted by molar-refractivity contribution is 8.55. The summed E-state index contributed by atoms with van der Waals surface area (Å²) in [5.74, 6) is -0.839. The number of nitrogens with two attached hydrogens (primary N) is 1. The van der Waals surface area contributed by atoms with Gasteiger partial charge in [0.05, 0.1) is 31.1 Å². The second-order valence-electron chi connectivity index (χ2n) is 11.7. The smallest absolute Gasteiger partial charge is 0.392 e. The molecule has 4 unspecified atom stereocenters. The van der Waals surface area contributed by atoms with Gasteiger partial charge in [-0.1, -0.05) is 0 Å². The molecule has 2 aliphatic heterocycles. The van der Waals surface area contributed by atoms with E-state index in [1.807, 2.05) is 0 Å². The summed E-state index contributed by atoms with van der Waals surface area (Å²) in [5, 5.41) is 21.0. The number of rotatable bonds is 12. The van der Waals surface area contributed by atoms with Crippen molar-refractivity contribution in [1.29, 1.82) is 0 Å². The lowest BCUT2D eigenvalue weighted by molar-refractivity contribution is -0.150. The van der Waals surface area contributed by atoms with E-state index in [0.717, 1.165) is 10.6 Å². The molecule has 2 aliphatic rings. The van der Waals surface area contributed by atoms with Crippen LogP contribution in [-0.2, 0) is 37.4 Å². The van der Waals surface area contributed by atoms with E-state index >= 15 is 0 Å². The van der Waals surface area contributed by atoms with Crippen LogP contribution in [0.15, 0.2) is 34.5 Å². The third-order valence-electron chi connectivity index (χ3n) is 7.43. The fourth-order valence-electron chi connectivity index (χ4n) is 4.97. The summed E-state index contributed by atoms with van der Waals surface area (Å²) in [6.07, 6.45) is -3.56. The predicted octanol–water partition coefficient (Wildman–Crippen LogP) is 0.302. The van der Waals surface area contributed by atoms with Crippen molar-refractivity contribution in [2.75, 3.05) is 32.0 Å². The number of imidazole rings is 1. The fraction of sp³-hybridized carbons (Fsp3) is 0.615. The number of carbonyl (C=O) groups is 1. The van der Waals surface area contributed by atoms with Crippen molar-refractivity contribution in [2.24, 2.45) is 5.41 Å². The molecule has 5 rings (SSSR count). The number of nitrogens with one attached hydrogen (secondary N) is 1. The molecular formula is C26H36N7O12PS. The molecule has 47 heavy (non-hydrogen) atoms. The first-order chi connectivity index (χ1) is 22.2. The molecule has 3 aromatic heterocycles. The predicted molar refractivity (Wildman–Crippen MR) is 164 cm³/mol. The number of esters is 1. The third kappa shape index (κ3) is 7.60. The minimum Gasteiger partial charge on any atom is -0.454 e. The Balaban J connectivity index is 1.35. The van der Waals surface area contributed by atoms with Crippen LogP contribution in [0.4, 0.5) is 5.82 Å². The van der Waals surface area contributed by atoms with E-state index < -0.39 is 91.6 Å². The van der Waals surface area contributed by atoms with E-state index in [0.29, 0.717) is 22.5 Å². The molecule has 0 aliphatic carbocycles. The van der Waals surface area contributed by atoms with E-state index in [2.05, 4.69) is 19.9 Å². The Morgan fingerprint density at radius 1 is 1.19 bits per heavy atom. The van der Waals surface area contributed by atoms with Gasteiger partial charge in [-0.3, -0.25) is 32.8 Å². The number of aromatic amines is 1. The van der Waals surface area contributed by atoms with E-state index in [1.54, 1.807) is 25.3 Å². The van der Waals surface area contributed by atoms with E-state index in [1.165, 1.54) is 26.0 Å². The molecule has 2 saturated heterocycles. The van der Waals surface area contributed by atoms with Crippen LogP contribution < -0.4 is 17.0 Å². The van der Waals surface area contributed by atoms with Crippen LogP contribution in [0.3, 0.4) is 0 Å². The molecule has 0 saturated carbocycles. The van der Waals surface area contributed by atoms with Crippen LogP contribution in [-0.4, -0.2) is 102 Å². The number of nitrogen functional groups attached to an aromatic ring is 1. The van der Waals surface area contributed by atoms with Gasteiger partial charge in [-0.2, -0.15) is 0 Å². The third-order valence-corrected chi connectivity index (χ3v) is 10.8. The number of anilines is 1. The second-order valence-corrected chi connectivity index (χ2v) is 15.7. The normalized spacial score (nSPS) is 27.7. The van der Waals surface area contributed by atoms with Gasteiger partial charge in [0.1, 0.15) is 48.4 Å². The highest BCUT2D eigenvalue weighted by atomic mass is 32.7. The number of H-pyrrole nitrogens is 1. The number of fused-ring (bicyclic) bond motifs is 1. The zero-order valence-electron chi connectivity index (χ0n) is 25.8. The second kappa shape index (κ2) is 14.1. The van der Waals surface area contributed by atoms with Gasteiger partial charge in [0.15, 0.2) is 17.7 Å². The number of ether oxygens (including phenoxy) is 4. The van der Waals surface area contributed by atoms with Crippen molar-refractivity contribution in [3.63, 3.8) is 0 Å². The summed E-state index contributed by atoms with van der Waals surface area (Å²) >= 11 is 0.545. The molecule has 5 heterocycles. The first-order valence-electron chi connectivity index (χ1n) is 14.4. The molecule has 0 spiro atoms. The van der Waals surface area contributed by atoms with Gasteiger partial charge >= 0.3 is 18.5 Å². The Bertz CT molecular complexity index is 1740. The quantitative estimate of drug-likeness (QED) is 0.112. The zero-order chi connectivity index (χ0) is 34.1. The molecule has 5 N–H and O–H groups in total. The SMILES string of the molecule is COC1C(OP(=O)(OC[C@H]2O[C@@H](n3cnc4c(N)ncnc43)CC2O)SCOC(=O)C(C)(C)C)[C@@H](CO)O[C@H]1n1ccc(=O)[nH]c1=O. The summed E-state index contributed by atoms with van der Waals surface area (Å²) in [4.78, 5) is 51.0. The average Bonchev–Trinajstić information content (AvgIpc) is 3.70. The Hall–Kier alpha value is -3.20. The number of methoxy groups -OCH3 is 1. The van der Waals surface area contributed by atoms with Crippen molar-refractivity contribution in [3.8, 4) is 0 Å². The summed E-state index contributed by atoms with van der Waals surface area (Å²) in [7, 11) is 1.29. The zero-order valence-corrected chi connectivity index (χ0v) is 27.5. The van der Waals surface area contributed by atoms with E-state index in [-0.39, 0.29) is 12.2 Å². The van der Waals surface area contributed by atoms with Crippen LogP contribution in [0.2, 0.25) is 0 Å². The van der Waals surface area contributed by atoms with Gasteiger partial charge in [-0.05, 0) is 20.8 Å². The first kappa shape index (κ1) is 35.1. The van der Waals surface area contributed by atoms with Crippen molar-refractivity contribution in [1.82, 2.24) is 29.1 Å². The molecule has 0 radical (unpaired) electrons. The van der Waals surface area contributed by atoms with Crippen LogP contribution >= 0.6 is 18.2 Å². The minimum absolute atomic E-state index is 0.106. The highest BCUT2D eigenvalue weighted by Gasteiger charge is 2.51. The van der Waals surface area contributed by atoms with Crippen LogP contribution in [0, 0.1) is 5.41 Å². The molecule has 8 atom stereocenters. The number of nitrogens with zero attached hydrogens (tertiary/aromatic N) is 5. The van der Waals surface area contributed by atoms with E-state index in [9.17, 15) is 29.2 Å². The molecule has 0 aromatic carbocycles. The standard InChI is InChI=1S/C26H36N7O12PS/c1-26(2,3)24(37)41-12-47-46(39,45-19-14(8-34)44-23(20(19)40-4)32-6-5-16(36)31-25(32)38)42-9-15-13(35)7-17(43-15)33-11-30-18-21(27)28-10-29-22(18)33/h5-6,10-11,13-15,17,19-20,23,34-35H,7-9,12H2,1-4H3,(H2,27,28,29)(H,31,36,38)/t13?,14-,15-,17-,19?,20?,23-,46?/m1/s1. The molecule has 19 nitrogen and oxygen atoms in total. The molecule has 258 valence electrons. The Morgan fingerprint density at radius 2 is 1.96 bits per heavy atom. The van der Waals surface area contributed by atoms with Crippen LogP contribution in [0.25, 0.3) is 11.2 Å². The monoisotopic (exact) mass is 701 g/mol. The van der Waals surface area contributed by atoms with E-state index in [4.69, 9.17) is 33.7 Å². The molecule has 0 bridgehead atoms. The number of aromatic nitrogens is 6. The van der Waals surface area contributed by atoms with Gasteiger partial charge in [0.2, 0.25) is 0 Å². The number of hydrogen-bond acceptors (Lipinski definition) is 17. The summed E-state index contributed by atoms with van der Waals surface area (Å²) in [6, 6.07) is 1.10. The lowest BCUT2D eigenvalue weighted by Gasteiger charge is -2.28. The Kier molecular flexibility index (Phi) is 10.5. The molecule has 21 heteroatoms. The average molecular weight is 702 g/mol. The van der Waals surface area contributed by atoms with Crippen LogP contribution in [0.5, 0.6) is 0 Å². The van der Waals surface area contributed by atoms with Gasteiger partial charge in [0, 0.05) is 37.2 Å². The molecular weight excluding hydrogens is 665 g/mol. The van der Waals surface area contributed by atoms with Gasteiger partial charge in [-0.25, -0.2) is 24.3 Å². The first-order valence-corrected chi connectivity index (χ1v) is 17.5. The number of aliphatic hydroxyl groups is 2. The maximum Gasteiger partial charge on any atom is 0.392 e. The fourth-order valence-corrected chi connectivity index (χ4v) is 7.77. The van der Waals surface area contributed by atoms with Gasteiger partial charge in [-0.15, -0.1) is 0 Å². The summed E-state index contributed by atoms with van der Waals surface area (Å²) < 4.78 is 51.4. The van der Waals surface area contributed by atoms with Crippen molar-refractivity contribution in [2.45, 2.75) is 70.2 Å². The number of hydrogen-bond donors (Lipinski definition) is 4. The van der Waals surface area contributed by atoms with Gasteiger partial charge < -0.3 is 34.9 Å². The minimum atomic E-state index is -4.34. The topological polar surface area (TPSA) is 254 Å². The summed E-state index contributed by atoms with van der Waals surface area (Å²) in [5.41, 5.74) is 4.33. The maximum atomic E-state index is 14.3. The summed E-state index contributed by atoms with van der Waals surface area (Å²) in [6.45, 7) is -0.471. The molecule has 2 fully saturated rings. The molecule has 3 aromatic rings. The number of aliphatic hydroxyl groups excluding tert-OH is 2. The largest absolute Gasteiger partial charge is 0.454 e. The Morgan fingerprint density at radius 3 is 2.64 bits per heavy atom. The van der Waals surface area contributed by atoms with Crippen LogP contribution in [0.1, 0.15) is 39.6 Å². The lowest BCUT2D eigenvalue weighted by Crippen LogP contribution is -2.39. The van der Waals surface area contributed by atoms with Crippen molar-refractivity contribution >= 4 is 41.1 Å².